The normalized spacial score (nSPS) is 15.8. The third kappa shape index (κ3) is 7.28. The van der Waals surface area contributed by atoms with E-state index in [4.69, 9.17) is 0 Å². The van der Waals surface area contributed by atoms with Crippen LogP contribution in [0.1, 0.15) is 25.3 Å². The van der Waals surface area contributed by atoms with Crippen molar-refractivity contribution in [2.45, 2.75) is 26.2 Å². The summed E-state index contributed by atoms with van der Waals surface area (Å²) in [5, 5.41) is 6.45. The maximum atomic E-state index is 12.5. The minimum atomic E-state index is 0.130. The molecular weight excluding hydrogens is 344 g/mol. The van der Waals surface area contributed by atoms with E-state index in [9.17, 15) is 4.79 Å². The van der Waals surface area contributed by atoms with Gasteiger partial charge in [0.1, 0.15) is 6.54 Å². The van der Waals surface area contributed by atoms with Gasteiger partial charge in [-0.25, -0.2) is 4.99 Å². The predicted molar refractivity (Wildman–Crippen MR) is 112 cm³/mol. The van der Waals surface area contributed by atoms with Crippen LogP contribution in [0.3, 0.4) is 0 Å². The molecule has 2 rings (SSSR count). The summed E-state index contributed by atoms with van der Waals surface area (Å²) in [6, 6.07) is 10.6. The molecule has 1 fully saturated rings. The molecule has 0 unspecified atom stereocenters. The predicted octanol–water partition coefficient (Wildman–Crippen LogP) is 2.39. The lowest BCUT2D eigenvalue weighted by Crippen LogP contribution is -2.42. The molecule has 1 aliphatic rings. The highest BCUT2D eigenvalue weighted by Crippen LogP contribution is 2.21. The van der Waals surface area contributed by atoms with Gasteiger partial charge in [-0.2, -0.15) is 11.8 Å². The van der Waals surface area contributed by atoms with Gasteiger partial charge in [0.15, 0.2) is 5.96 Å². The monoisotopic (exact) mass is 376 g/mol. The molecule has 0 atom stereocenters. The average Bonchev–Trinajstić information content (AvgIpc) is 2.67. The standard InChI is InChI=1S/C20H32N4OS/c1-3-21-20(22-11-14-26-2)23-16-19(25)24-12-9-18(10-13-24)15-17-7-5-4-6-8-17/h4-8,18H,3,9-16H2,1-2H3,(H2,21,22,23). The van der Waals surface area contributed by atoms with Gasteiger partial charge >= 0.3 is 0 Å². The van der Waals surface area contributed by atoms with E-state index in [0.29, 0.717) is 5.92 Å². The molecule has 5 nitrogen and oxygen atoms in total. The molecule has 0 aromatic heterocycles. The highest BCUT2D eigenvalue weighted by Gasteiger charge is 2.22. The number of hydrogen-bond donors (Lipinski definition) is 2. The topological polar surface area (TPSA) is 56.7 Å². The lowest BCUT2D eigenvalue weighted by atomic mass is 9.90. The SMILES string of the molecule is CCNC(=NCC(=O)N1CCC(Cc2ccccc2)CC1)NCCSC. The molecule has 0 bridgehead atoms. The van der Waals surface area contributed by atoms with Crippen LogP contribution in [0.4, 0.5) is 0 Å². The molecule has 0 aliphatic carbocycles. The quantitative estimate of drug-likeness (QED) is 0.416. The Morgan fingerprint density at radius 1 is 1.23 bits per heavy atom. The Bertz CT molecular complexity index is 556. The van der Waals surface area contributed by atoms with Crippen LogP contribution in [0.15, 0.2) is 35.3 Å². The van der Waals surface area contributed by atoms with Crippen LogP contribution < -0.4 is 10.6 Å². The first kappa shape index (κ1) is 20.6. The van der Waals surface area contributed by atoms with Crippen molar-refractivity contribution >= 4 is 23.6 Å². The summed E-state index contributed by atoms with van der Waals surface area (Å²) in [5.74, 6) is 2.56. The smallest absolute Gasteiger partial charge is 0.244 e. The molecule has 1 amide bonds. The first-order valence-corrected chi connectivity index (χ1v) is 10.9. The molecule has 1 heterocycles. The number of likely N-dealkylation sites (tertiary alicyclic amines) is 1. The van der Waals surface area contributed by atoms with Crippen molar-refractivity contribution in [2.75, 3.05) is 44.7 Å². The van der Waals surface area contributed by atoms with Gasteiger partial charge in [-0.15, -0.1) is 0 Å². The van der Waals surface area contributed by atoms with Crippen LogP contribution in [0.2, 0.25) is 0 Å². The lowest BCUT2D eigenvalue weighted by Gasteiger charge is -2.31. The Hall–Kier alpha value is -1.69. The fourth-order valence-electron chi connectivity index (χ4n) is 3.19. The number of hydrogen-bond acceptors (Lipinski definition) is 3. The third-order valence-corrected chi connectivity index (χ3v) is 5.26. The van der Waals surface area contributed by atoms with E-state index >= 15 is 0 Å². The summed E-state index contributed by atoms with van der Waals surface area (Å²) < 4.78 is 0. The molecule has 1 saturated heterocycles. The number of amides is 1. The van der Waals surface area contributed by atoms with Crippen molar-refractivity contribution in [2.24, 2.45) is 10.9 Å². The van der Waals surface area contributed by atoms with Gasteiger partial charge in [0.05, 0.1) is 0 Å². The highest BCUT2D eigenvalue weighted by atomic mass is 32.2. The molecule has 0 spiro atoms. The Morgan fingerprint density at radius 2 is 1.96 bits per heavy atom. The number of carbonyl (C=O) groups excluding carboxylic acids is 1. The van der Waals surface area contributed by atoms with Crippen molar-refractivity contribution < 1.29 is 4.79 Å². The van der Waals surface area contributed by atoms with Crippen molar-refractivity contribution in [1.82, 2.24) is 15.5 Å². The van der Waals surface area contributed by atoms with Gasteiger partial charge in [-0.3, -0.25) is 4.79 Å². The number of guanidine groups is 1. The summed E-state index contributed by atoms with van der Waals surface area (Å²) in [4.78, 5) is 18.9. The minimum absolute atomic E-state index is 0.130. The molecule has 1 aromatic rings. The maximum absolute atomic E-state index is 12.5. The van der Waals surface area contributed by atoms with E-state index in [0.717, 1.165) is 57.2 Å². The second-order valence-electron chi connectivity index (χ2n) is 6.63. The van der Waals surface area contributed by atoms with Gasteiger partial charge in [-0.05, 0) is 43.9 Å². The summed E-state index contributed by atoms with van der Waals surface area (Å²) in [6.07, 6.45) is 5.36. The fraction of sp³-hybridized carbons (Fsp3) is 0.600. The van der Waals surface area contributed by atoms with E-state index in [2.05, 4.69) is 52.2 Å². The molecule has 1 aromatic carbocycles. The fourth-order valence-corrected chi connectivity index (χ4v) is 3.50. The van der Waals surface area contributed by atoms with Gasteiger partial charge in [0.25, 0.3) is 0 Å². The Kier molecular flexibility index (Phi) is 9.39. The molecule has 0 saturated carbocycles. The first-order chi connectivity index (χ1) is 12.7. The second-order valence-corrected chi connectivity index (χ2v) is 7.61. The molecule has 2 N–H and O–H groups in total. The lowest BCUT2D eigenvalue weighted by molar-refractivity contribution is -0.130. The Balaban J connectivity index is 1.75. The van der Waals surface area contributed by atoms with Crippen molar-refractivity contribution in [3.8, 4) is 0 Å². The van der Waals surface area contributed by atoms with Gasteiger partial charge < -0.3 is 15.5 Å². The van der Waals surface area contributed by atoms with E-state index in [1.165, 1.54) is 5.56 Å². The first-order valence-electron chi connectivity index (χ1n) is 9.55. The number of benzene rings is 1. The second kappa shape index (κ2) is 11.8. The van der Waals surface area contributed by atoms with Gasteiger partial charge in [-0.1, -0.05) is 30.3 Å². The summed E-state index contributed by atoms with van der Waals surface area (Å²) >= 11 is 1.79. The van der Waals surface area contributed by atoms with Crippen molar-refractivity contribution in [3.63, 3.8) is 0 Å². The average molecular weight is 377 g/mol. The zero-order chi connectivity index (χ0) is 18.6. The van der Waals surface area contributed by atoms with Gasteiger partial charge in [0, 0.05) is 31.9 Å². The van der Waals surface area contributed by atoms with Crippen LogP contribution >= 0.6 is 11.8 Å². The van der Waals surface area contributed by atoms with Crippen LogP contribution in [0.5, 0.6) is 0 Å². The number of carbonyl (C=O) groups is 1. The minimum Gasteiger partial charge on any atom is -0.357 e. The molecular formula is C20H32N4OS. The molecule has 26 heavy (non-hydrogen) atoms. The van der Waals surface area contributed by atoms with Gasteiger partial charge in [0.2, 0.25) is 5.91 Å². The summed E-state index contributed by atoms with van der Waals surface area (Å²) in [6.45, 7) is 5.60. The molecule has 1 aliphatic heterocycles. The number of nitrogens with one attached hydrogen (secondary N) is 2. The van der Waals surface area contributed by atoms with E-state index in [1.54, 1.807) is 11.8 Å². The third-order valence-electron chi connectivity index (χ3n) is 4.65. The number of rotatable bonds is 8. The van der Waals surface area contributed by atoms with Crippen molar-refractivity contribution in [1.29, 1.82) is 0 Å². The maximum Gasteiger partial charge on any atom is 0.244 e. The van der Waals surface area contributed by atoms with E-state index < -0.39 is 0 Å². The summed E-state index contributed by atoms with van der Waals surface area (Å²) in [7, 11) is 0. The number of aliphatic imine (C=N–C) groups is 1. The van der Waals surface area contributed by atoms with E-state index in [-0.39, 0.29) is 12.5 Å². The Labute approximate surface area is 162 Å². The number of piperidine rings is 1. The van der Waals surface area contributed by atoms with E-state index in [1.807, 2.05) is 11.8 Å². The molecule has 6 heteroatoms. The Morgan fingerprint density at radius 3 is 2.62 bits per heavy atom. The number of thioether (sulfide) groups is 1. The summed E-state index contributed by atoms with van der Waals surface area (Å²) in [5.41, 5.74) is 1.40. The molecule has 144 valence electrons. The van der Waals surface area contributed by atoms with Crippen LogP contribution in [0, 0.1) is 5.92 Å². The van der Waals surface area contributed by atoms with Crippen LogP contribution in [-0.4, -0.2) is 61.5 Å². The van der Waals surface area contributed by atoms with Crippen LogP contribution in [-0.2, 0) is 11.2 Å². The number of nitrogens with zero attached hydrogens (tertiary/aromatic N) is 2. The highest BCUT2D eigenvalue weighted by molar-refractivity contribution is 7.98. The van der Waals surface area contributed by atoms with Crippen molar-refractivity contribution in [3.05, 3.63) is 35.9 Å². The zero-order valence-electron chi connectivity index (χ0n) is 16.0. The van der Waals surface area contributed by atoms with Crippen LogP contribution in [0.25, 0.3) is 0 Å². The zero-order valence-corrected chi connectivity index (χ0v) is 16.9. The largest absolute Gasteiger partial charge is 0.357 e. The molecule has 0 radical (unpaired) electrons.